The predicted molar refractivity (Wildman–Crippen MR) is 83.7 cm³/mol. The van der Waals surface area contributed by atoms with Gasteiger partial charge >= 0.3 is 0 Å². The van der Waals surface area contributed by atoms with E-state index in [0.29, 0.717) is 0 Å². The fraction of sp³-hybridized carbons (Fsp3) is 0.647. The third-order valence-corrected chi connectivity index (χ3v) is 4.57. The van der Waals surface area contributed by atoms with Crippen molar-refractivity contribution in [3.05, 3.63) is 29.8 Å². The van der Waals surface area contributed by atoms with Crippen LogP contribution in [-0.2, 0) is 0 Å². The maximum atomic E-state index is 6.55. The van der Waals surface area contributed by atoms with Gasteiger partial charge in [0.1, 0.15) is 0 Å². The quantitative estimate of drug-likeness (QED) is 0.870. The van der Waals surface area contributed by atoms with Crippen LogP contribution in [0.1, 0.15) is 51.0 Å². The molecule has 0 radical (unpaired) electrons. The van der Waals surface area contributed by atoms with Gasteiger partial charge in [0.2, 0.25) is 0 Å². The molecule has 2 rings (SSSR count). The van der Waals surface area contributed by atoms with E-state index in [0.717, 1.165) is 19.5 Å². The standard InChI is InChI=1S/C17H28N2/c1-3-19(16-10-6-5-9-15(16)2)14-13-17(18)11-7-4-8-12-17/h5-6,9-10H,3-4,7-8,11-14,18H2,1-2H3. The average molecular weight is 260 g/mol. The molecule has 2 N–H and O–H groups in total. The molecule has 0 aromatic heterocycles. The largest absolute Gasteiger partial charge is 0.372 e. The molecule has 1 aliphatic carbocycles. The first-order valence-corrected chi connectivity index (χ1v) is 7.74. The molecule has 0 unspecified atom stereocenters. The fourth-order valence-corrected chi connectivity index (χ4v) is 3.23. The van der Waals surface area contributed by atoms with Crippen LogP contribution in [0.2, 0.25) is 0 Å². The Morgan fingerprint density at radius 2 is 1.84 bits per heavy atom. The van der Waals surface area contributed by atoms with E-state index in [1.165, 1.54) is 43.4 Å². The summed E-state index contributed by atoms with van der Waals surface area (Å²) in [6.45, 7) is 6.56. The van der Waals surface area contributed by atoms with Crippen LogP contribution in [0.3, 0.4) is 0 Å². The van der Waals surface area contributed by atoms with Gasteiger partial charge in [0.05, 0.1) is 0 Å². The molecule has 19 heavy (non-hydrogen) atoms. The summed E-state index contributed by atoms with van der Waals surface area (Å²) in [6, 6.07) is 8.65. The number of para-hydroxylation sites is 1. The van der Waals surface area contributed by atoms with Crippen molar-refractivity contribution in [1.82, 2.24) is 0 Å². The van der Waals surface area contributed by atoms with Crippen LogP contribution in [0, 0.1) is 6.92 Å². The fourth-order valence-electron chi connectivity index (χ4n) is 3.23. The SMILES string of the molecule is CCN(CCC1(N)CCCCC1)c1ccccc1C. The zero-order valence-electron chi connectivity index (χ0n) is 12.5. The van der Waals surface area contributed by atoms with Crippen LogP contribution < -0.4 is 10.6 Å². The van der Waals surface area contributed by atoms with Crippen molar-refractivity contribution in [3.8, 4) is 0 Å². The molecule has 0 bridgehead atoms. The van der Waals surface area contributed by atoms with Gasteiger partial charge in [-0.25, -0.2) is 0 Å². The Balaban J connectivity index is 1.98. The highest BCUT2D eigenvalue weighted by Gasteiger charge is 2.27. The van der Waals surface area contributed by atoms with Crippen LogP contribution >= 0.6 is 0 Å². The first-order chi connectivity index (χ1) is 9.14. The maximum Gasteiger partial charge on any atom is 0.0395 e. The molecule has 0 heterocycles. The second-order valence-corrected chi connectivity index (χ2v) is 6.04. The van der Waals surface area contributed by atoms with Gasteiger partial charge in [-0.2, -0.15) is 0 Å². The highest BCUT2D eigenvalue weighted by molar-refractivity contribution is 5.52. The summed E-state index contributed by atoms with van der Waals surface area (Å²) >= 11 is 0. The lowest BCUT2D eigenvalue weighted by Crippen LogP contribution is -2.44. The molecule has 0 aliphatic heterocycles. The molecular weight excluding hydrogens is 232 g/mol. The molecule has 1 fully saturated rings. The summed E-state index contributed by atoms with van der Waals surface area (Å²) in [5.41, 5.74) is 9.37. The summed E-state index contributed by atoms with van der Waals surface area (Å²) in [6.07, 6.45) is 7.53. The highest BCUT2D eigenvalue weighted by Crippen LogP contribution is 2.29. The first kappa shape index (κ1) is 14.4. The maximum absolute atomic E-state index is 6.55. The van der Waals surface area contributed by atoms with Crippen LogP contribution in [0.15, 0.2) is 24.3 Å². The first-order valence-electron chi connectivity index (χ1n) is 7.74. The third kappa shape index (κ3) is 3.73. The number of hydrogen-bond acceptors (Lipinski definition) is 2. The number of aryl methyl sites for hydroxylation is 1. The molecule has 2 nitrogen and oxygen atoms in total. The lowest BCUT2D eigenvalue weighted by Gasteiger charge is -2.36. The molecule has 1 aliphatic rings. The average Bonchev–Trinajstić information content (AvgIpc) is 2.42. The molecule has 1 aromatic carbocycles. The van der Waals surface area contributed by atoms with E-state index >= 15 is 0 Å². The van der Waals surface area contributed by atoms with Gasteiger partial charge < -0.3 is 10.6 Å². The van der Waals surface area contributed by atoms with E-state index in [1.54, 1.807) is 0 Å². The molecular formula is C17H28N2. The molecule has 0 atom stereocenters. The number of anilines is 1. The molecule has 1 aromatic rings. The molecule has 0 spiro atoms. The summed E-state index contributed by atoms with van der Waals surface area (Å²) in [7, 11) is 0. The molecule has 1 saturated carbocycles. The van der Waals surface area contributed by atoms with E-state index in [-0.39, 0.29) is 5.54 Å². The summed E-state index contributed by atoms with van der Waals surface area (Å²) in [5, 5.41) is 0. The lowest BCUT2D eigenvalue weighted by atomic mass is 9.80. The summed E-state index contributed by atoms with van der Waals surface area (Å²) in [4.78, 5) is 2.47. The van der Waals surface area contributed by atoms with Gasteiger partial charge in [-0.15, -0.1) is 0 Å². The summed E-state index contributed by atoms with van der Waals surface area (Å²) < 4.78 is 0. The van der Waals surface area contributed by atoms with Gasteiger partial charge in [0.15, 0.2) is 0 Å². The minimum absolute atomic E-state index is 0.0916. The Bertz CT molecular complexity index is 394. The second kappa shape index (κ2) is 6.42. The van der Waals surface area contributed by atoms with Crippen molar-refractivity contribution in [3.63, 3.8) is 0 Å². The van der Waals surface area contributed by atoms with Gasteiger partial charge in [0.25, 0.3) is 0 Å². The minimum atomic E-state index is 0.0916. The van der Waals surface area contributed by atoms with Gasteiger partial charge in [0, 0.05) is 24.3 Å². The monoisotopic (exact) mass is 260 g/mol. The number of rotatable bonds is 5. The van der Waals surface area contributed by atoms with Crippen LogP contribution in [-0.4, -0.2) is 18.6 Å². The number of nitrogens with two attached hydrogens (primary N) is 1. The van der Waals surface area contributed by atoms with E-state index in [9.17, 15) is 0 Å². The molecule has 0 saturated heterocycles. The van der Waals surface area contributed by atoms with E-state index < -0.39 is 0 Å². The number of nitrogens with zero attached hydrogens (tertiary/aromatic N) is 1. The lowest BCUT2D eigenvalue weighted by molar-refractivity contribution is 0.280. The van der Waals surface area contributed by atoms with Crippen molar-refractivity contribution in [2.75, 3.05) is 18.0 Å². The van der Waals surface area contributed by atoms with Crippen molar-refractivity contribution in [1.29, 1.82) is 0 Å². The Kier molecular flexibility index (Phi) is 4.87. The van der Waals surface area contributed by atoms with E-state index in [1.807, 2.05) is 0 Å². The van der Waals surface area contributed by atoms with E-state index in [4.69, 9.17) is 5.73 Å². The Hall–Kier alpha value is -1.02. The van der Waals surface area contributed by atoms with Gasteiger partial charge in [-0.1, -0.05) is 37.5 Å². The van der Waals surface area contributed by atoms with Crippen LogP contribution in [0.4, 0.5) is 5.69 Å². The molecule has 106 valence electrons. The Morgan fingerprint density at radius 1 is 1.16 bits per heavy atom. The van der Waals surface area contributed by atoms with Gasteiger partial charge in [-0.3, -0.25) is 0 Å². The predicted octanol–water partition coefficient (Wildman–Crippen LogP) is 3.87. The third-order valence-electron chi connectivity index (χ3n) is 4.57. The van der Waals surface area contributed by atoms with Gasteiger partial charge in [-0.05, 0) is 44.7 Å². The van der Waals surface area contributed by atoms with Crippen molar-refractivity contribution < 1.29 is 0 Å². The summed E-state index contributed by atoms with van der Waals surface area (Å²) in [5.74, 6) is 0. The number of hydrogen-bond donors (Lipinski definition) is 1. The normalized spacial score (nSPS) is 18.3. The Labute approximate surface area is 118 Å². The molecule has 2 heteroatoms. The molecule has 0 amide bonds. The minimum Gasteiger partial charge on any atom is -0.372 e. The number of benzene rings is 1. The second-order valence-electron chi connectivity index (χ2n) is 6.04. The van der Waals surface area contributed by atoms with Crippen LogP contribution in [0.5, 0.6) is 0 Å². The topological polar surface area (TPSA) is 29.3 Å². The Morgan fingerprint density at radius 3 is 2.47 bits per heavy atom. The van der Waals surface area contributed by atoms with Crippen molar-refractivity contribution in [2.45, 2.75) is 57.9 Å². The zero-order chi connectivity index (χ0) is 13.7. The van der Waals surface area contributed by atoms with E-state index in [2.05, 4.69) is 43.0 Å². The zero-order valence-corrected chi connectivity index (χ0v) is 12.5. The van der Waals surface area contributed by atoms with Crippen LogP contribution in [0.25, 0.3) is 0 Å². The smallest absolute Gasteiger partial charge is 0.0395 e. The van der Waals surface area contributed by atoms with Crippen molar-refractivity contribution >= 4 is 5.69 Å². The van der Waals surface area contributed by atoms with Crippen molar-refractivity contribution in [2.24, 2.45) is 5.73 Å². The highest BCUT2D eigenvalue weighted by atomic mass is 15.1.